The van der Waals surface area contributed by atoms with Crippen LogP contribution >= 0.6 is 0 Å². The van der Waals surface area contributed by atoms with Gasteiger partial charge in [0.2, 0.25) is 17.8 Å². The van der Waals surface area contributed by atoms with Crippen LogP contribution in [0.1, 0.15) is 32.3 Å². The number of nitrogens with one attached hydrogen (secondary N) is 3. The van der Waals surface area contributed by atoms with Crippen LogP contribution < -0.4 is 16.2 Å². The van der Waals surface area contributed by atoms with Gasteiger partial charge in [-0.15, -0.1) is 0 Å². The Bertz CT molecular complexity index is 1290. The van der Waals surface area contributed by atoms with E-state index in [9.17, 15) is 9.59 Å². The van der Waals surface area contributed by atoms with Crippen LogP contribution in [0.4, 0.5) is 11.8 Å². The molecule has 0 aliphatic heterocycles. The fourth-order valence-electron chi connectivity index (χ4n) is 3.43. The molecule has 0 aliphatic rings. The quantitative estimate of drug-likeness (QED) is 0.219. The Morgan fingerprint density at radius 2 is 1.86 bits per heavy atom. The van der Waals surface area contributed by atoms with Crippen LogP contribution in [0.2, 0.25) is 0 Å². The van der Waals surface area contributed by atoms with Gasteiger partial charge in [-0.2, -0.15) is 15.1 Å². The van der Waals surface area contributed by atoms with E-state index < -0.39 is 5.97 Å². The van der Waals surface area contributed by atoms with Gasteiger partial charge in [0, 0.05) is 31.9 Å². The fraction of sp³-hybridized carbons (Fsp3) is 0.304. The predicted molar refractivity (Wildman–Crippen MR) is 130 cm³/mol. The number of fused-ring (bicyclic) bond motifs is 1. The van der Waals surface area contributed by atoms with Gasteiger partial charge >= 0.3 is 5.97 Å². The molecular formula is C23H27N9O3. The van der Waals surface area contributed by atoms with E-state index in [1.165, 1.54) is 0 Å². The van der Waals surface area contributed by atoms with Crippen LogP contribution in [-0.2, 0) is 27.4 Å². The number of benzene rings is 1. The molecule has 3 N–H and O–H groups in total. The minimum absolute atomic E-state index is 0.0155. The summed E-state index contributed by atoms with van der Waals surface area (Å²) in [6.07, 6.45) is 3.42. The van der Waals surface area contributed by atoms with Crippen molar-refractivity contribution in [2.24, 2.45) is 0 Å². The first-order chi connectivity index (χ1) is 17.1. The molecule has 35 heavy (non-hydrogen) atoms. The van der Waals surface area contributed by atoms with Gasteiger partial charge in [0.1, 0.15) is 0 Å². The van der Waals surface area contributed by atoms with Crippen LogP contribution in [0.5, 0.6) is 0 Å². The molecule has 1 amide bonds. The first kappa shape index (κ1) is 23.7. The Labute approximate surface area is 201 Å². The maximum Gasteiger partial charge on any atom is 0.306 e. The number of rotatable bonds is 11. The maximum atomic E-state index is 12.3. The van der Waals surface area contributed by atoms with E-state index in [-0.39, 0.29) is 25.4 Å². The van der Waals surface area contributed by atoms with Gasteiger partial charge in [-0.25, -0.2) is 9.67 Å². The van der Waals surface area contributed by atoms with E-state index >= 15 is 0 Å². The highest BCUT2D eigenvalue weighted by Gasteiger charge is 2.19. The Kier molecular flexibility index (Phi) is 7.50. The van der Waals surface area contributed by atoms with Crippen molar-refractivity contribution in [2.45, 2.75) is 39.8 Å². The lowest BCUT2D eigenvalue weighted by atomic mass is 10.2. The second-order valence-corrected chi connectivity index (χ2v) is 7.49. The van der Waals surface area contributed by atoms with E-state index in [0.717, 1.165) is 5.56 Å². The normalized spacial score (nSPS) is 10.8. The standard InChI is InChI=1S/C23H27N9O3/c1-3-31-21-19(26-23(31)32-14-8-13-25-32)20(30-29-17(33)11-12-18(34)35-4-2)27-22(28-21)24-15-16-9-6-5-7-10-16/h5-10,13-14H,3-4,11-12,15H2,1-2H3,(H,29,33)(H2,24,27,28,30). The lowest BCUT2D eigenvalue weighted by Crippen LogP contribution is -2.30. The number of nitrogens with zero attached hydrogens (tertiary/aromatic N) is 6. The highest BCUT2D eigenvalue weighted by Crippen LogP contribution is 2.24. The van der Waals surface area contributed by atoms with Gasteiger partial charge in [-0.05, 0) is 25.5 Å². The van der Waals surface area contributed by atoms with Crippen LogP contribution in [0, 0.1) is 0 Å². The van der Waals surface area contributed by atoms with E-state index in [2.05, 4.69) is 36.2 Å². The number of imidazole rings is 1. The molecule has 0 atom stereocenters. The molecule has 0 aliphatic carbocycles. The van der Waals surface area contributed by atoms with E-state index in [4.69, 9.17) is 4.74 Å². The first-order valence-corrected chi connectivity index (χ1v) is 11.4. The summed E-state index contributed by atoms with van der Waals surface area (Å²) in [6, 6.07) is 11.7. The number of carbonyl (C=O) groups is 2. The summed E-state index contributed by atoms with van der Waals surface area (Å²) < 4.78 is 8.42. The number of anilines is 2. The molecule has 1 aromatic carbocycles. The lowest BCUT2D eigenvalue weighted by molar-refractivity contribution is -0.144. The molecule has 12 heteroatoms. The number of aryl methyl sites for hydroxylation is 1. The second kappa shape index (κ2) is 11.1. The molecule has 3 aromatic heterocycles. The Morgan fingerprint density at radius 3 is 2.57 bits per heavy atom. The number of aromatic nitrogens is 6. The topological polar surface area (TPSA) is 141 Å². The van der Waals surface area contributed by atoms with Crippen LogP contribution in [0.15, 0.2) is 48.8 Å². The summed E-state index contributed by atoms with van der Waals surface area (Å²) in [6.45, 7) is 5.08. The molecular weight excluding hydrogens is 450 g/mol. The molecule has 0 fully saturated rings. The van der Waals surface area contributed by atoms with E-state index in [0.29, 0.717) is 42.0 Å². The van der Waals surface area contributed by atoms with Gasteiger partial charge in [0.25, 0.3) is 0 Å². The largest absolute Gasteiger partial charge is 0.466 e. The molecule has 4 aromatic rings. The summed E-state index contributed by atoms with van der Waals surface area (Å²) in [5.41, 5.74) is 7.54. The molecule has 0 saturated heterocycles. The van der Waals surface area contributed by atoms with Gasteiger partial charge in [-0.1, -0.05) is 30.3 Å². The smallest absolute Gasteiger partial charge is 0.306 e. The molecule has 0 saturated carbocycles. The third-order valence-corrected chi connectivity index (χ3v) is 5.08. The highest BCUT2D eigenvalue weighted by molar-refractivity contribution is 5.88. The zero-order valence-corrected chi connectivity index (χ0v) is 19.6. The highest BCUT2D eigenvalue weighted by atomic mass is 16.5. The lowest BCUT2D eigenvalue weighted by Gasteiger charge is -2.11. The SMILES string of the molecule is CCOC(=O)CCC(=O)NNc1nc(NCc2ccccc2)nc2c1nc(-n1cccn1)n2CC. The minimum Gasteiger partial charge on any atom is -0.466 e. The molecule has 4 rings (SSSR count). The number of ether oxygens (including phenoxy) is 1. The Morgan fingerprint density at radius 1 is 1.03 bits per heavy atom. The van der Waals surface area contributed by atoms with Crippen LogP contribution in [-0.4, -0.2) is 47.8 Å². The van der Waals surface area contributed by atoms with Crippen molar-refractivity contribution in [2.75, 3.05) is 17.3 Å². The van der Waals surface area contributed by atoms with Crippen LogP contribution in [0.25, 0.3) is 17.1 Å². The van der Waals surface area contributed by atoms with Crippen molar-refractivity contribution in [3.8, 4) is 5.95 Å². The first-order valence-electron chi connectivity index (χ1n) is 11.4. The Hall–Kier alpha value is -4.48. The summed E-state index contributed by atoms with van der Waals surface area (Å²) in [5, 5.41) is 7.52. The molecule has 0 unspecified atom stereocenters. The van der Waals surface area contributed by atoms with Gasteiger partial charge < -0.3 is 10.1 Å². The molecule has 0 spiro atoms. The molecule has 182 valence electrons. The summed E-state index contributed by atoms with van der Waals surface area (Å²) >= 11 is 0. The fourth-order valence-corrected chi connectivity index (χ4v) is 3.43. The zero-order valence-electron chi connectivity index (χ0n) is 19.6. The summed E-state index contributed by atoms with van der Waals surface area (Å²) in [7, 11) is 0. The average molecular weight is 478 g/mol. The van der Waals surface area contributed by atoms with E-state index in [1.54, 1.807) is 30.1 Å². The molecule has 0 radical (unpaired) electrons. The van der Waals surface area contributed by atoms with Crippen molar-refractivity contribution in [1.82, 2.24) is 34.7 Å². The number of hydrogen-bond donors (Lipinski definition) is 3. The van der Waals surface area contributed by atoms with E-state index in [1.807, 2.05) is 41.8 Å². The van der Waals surface area contributed by atoms with Crippen molar-refractivity contribution in [3.63, 3.8) is 0 Å². The van der Waals surface area contributed by atoms with Crippen molar-refractivity contribution < 1.29 is 14.3 Å². The summed E-state index contributed by atoms with van der Waals surface area (Å²) in [4.78, 5) is 37.7. The van der Waals surface area contributed by atoms with Gasteiger partial charge in [0.05, 0.1) is 13.0 Å². The average Bonchev–Trinajstić information content (AvgIpc) is 3.53. The number of carbonyl (C=O) groups excluding carboxylic acids is 2. The van der Waals surface area contributed by atoms with Crippen LogP contribution in [0.3, 0.4) is 0 Å². The molecule has 3 heterocycles. The third kappa shape index (κ3) is 5.72. The van der Waals surface area contributed by atoms with Crippen molar-refractivity contribution in [3.05, 3.63) is 54.4 Å². The predicted octanol–water partition coefficient (Wildman–Crippen LogP) is 2.43. The van der Waals surface area contributed by atoms with Gasteiger partial charge in [-0.3, -0.25) is 25.0 Å². The summed E-state index contributed by atoms with van der Waals surface area (Å²) in [5.74, 6) is 0.441. The molecule has 12 nitrogen and oxygen atoms in total. The third-order valence-electron chi connectivity index (χ3n) is 5.08. The zero-order chi connectivity index (χ0) is 24.6. The maximum absolute atomic E-state index is 12.3. The molecule has 0 bridgehead atoms. The minimum atomic E-state index is -0.426. The Balaban J connectivity index is 1.61. The monoisotopic (exact) mass is 477 g/mol. The number of hydrazine groups is 1. The number of hydrogen-bond acceptors (Lipinski definition) is 9. The second-order valence-electron chi connectivity index (χ2n) is 7.49. The number of esters is 1. The van der Waals surface area contributed by atoms with Crippen molar-refractivity contribution >= 4 is 34.8 Å². The van der Waals surface area contributed by atoms with Gasteiger partial charge in [0.15, 0.2) is 17.0 Å². The number of amides is 1. The van der Waals surface area contributed by atoms with Crippen molar-refractivity contribution in [1.29, 1.82) is 0 Å².